The zero-order valence-corrected chi connectivity index (χ0v) is 17.3. The number of hydrogen-bond acceptors (Lipinski definition) is 6. The number of halogens is 1. The minimum atomic E-state index is -3.68. The normalized spacial score (nSPS) is 20.3. The van der Waals surface area contributed by atoms with E-state index in [0.29, 0.717) is 29.9 Å². The third-order valence-corrected chi connectivity index (χ3v) is 6.06. The summed E-state index contributed by atoms with van der Waals surface area (Å²) in [5.74, 6) is 1.84. The lowest BCUT2D eigenvalue weighted by atomic mass is 10.1. The van der Waals surface area contributed by atoms with Gasteiger partial charge in [0.2, 0.25) is 15.9 Å². The molecule has 1 aliphatic heterocycles. The van der Waals surface area contributed by atoms with Crippen LogP contribution in [0.25, 0.3) is 0 Å². The molecule has 0 aromatic heterocycles. The number of thioether (sulfide) groups is 1. The van der Waals surface area contributed by atoms with Crippen LogP contribution in [0.4, 0.5) is 0 Å². The number of nitrogens with one attached hydrogen (secondary N) is 1. The highest BCUT2D eigenvalue weighted by Crippen LogP contribution is 2.16. The topological polar surface area (TPSA) is 102 Å². The van der Waals surface area contributed by atoms with Crippen molar-refractivity contribution in [1.29, 1.82) is 0 Å². The number of piperazine rings is 1. The number of hydrogen-bond donors (Lipinski definition) is 2. The number of nitrogens with zero attached hydrogens (tertiary/aromatic N) is 1. The minimum absolute atomic E-state index is 0. The van der Waals surface area contributed by atoms with Crippen LogP contribution in [0.15, 0.2) is 29.2 Å². The fourth-order valence-electron chi connectivity index (χ4n) is 2.59. The summed E-state index contributed by atoms with van der Waals surface area (Å²) in [6.45, 7) is 6.18. The van der Waals surface area contributed by atoms with Crippen molar-refractivity contribution in [2.45, 2.75) is 30.8 Å². The Labute approximate surface area is 165 Å². The summed E-state index contributed by atoms with van der Waals surface area (Å²) in [4.78, 5) is 14.3. The van der Waals surface area contributed by atoms with Gasteiger partial charge in [0.1, 0.15) is 5.75 Å². The molecule has 1 amide bonds. The highest BCUT2D eigenvalue weighted by molar-refractivity contribution is 7.99. The molecule has 0 saturated carbocycles. The number of carbonyl (C=O) groups is 1. The summed E-state index contributed by atoms with van der Waals surface area (Å²) >= 11 is 1.53. The van der Waals surface area contributed by atoms with Crippen molar-refractivity contribution < 1.29 is 17.9 Å². The molecule has 148 valence electrons. The molecule has 2 rings (SSSR count). The van der Waals surface area contributed by atoms with Crippen molar-refractivity contribution in [2.24, 2.45) is 5.14 Å². The van der Waals surface area contributed by atoms with Gasteiger partial charge in [0.15, 0.2) is 0 Å². The smallest absolute Gasteiger partial charge is 0.238 e. The molecule has 2 atom stereocenters. The Balaban J connectivity index is 0.00000338. The Hall–Kier alpha value is -1.00. The van der Waals surface area contributed by atoms with Gasteiger partial charge in [-0.25, -0.2) is 13.6 Å². The third-order valence-electron chi connectivity index (χ3n) is 4.23. The zero-order chi connectivity index (χ0) is 18.4. The number of sulfonamides is 1. The van der Waals surface area contributed by atoms with Gasteiger partial charge in [-0.3, -0.25) is 4.79 Å². The molecule has 0 bridgehead atoms. The fraction of sp³-hybridized carbons (Fsp3) is 0.562. The largest absolute Gasteiger partial charge is 0.493 e. The summed E-state index contributed by atoms with van der Waals surface area (Å²) in [5, 5.41) is 8.40. The monoisotopic (exact) mass is 423 g/mol. The van der Waals surface area contributed by atoms with Gasteiger partial charge in [-0.15, -0.1) is 24.2 Å². The summed E-state index contributed by atoms with van der Waals surface area (Å²) in [7, 11) is -3.68. The first-order valence-corrected chi connectivity index (χ1v) is 10.9. The predicted octanol–water partition coefficient (Wildman–Crippen LogP) is 1.08. The Bertz CT molecular complexity index is 685. The molecular weight excluding hydrogens is 398 g/mol. The van der Waals surface area contributed by atoms with Crippen LogP contribution in [0.1, 0.15) is 13.8 Å². The van der Waals surface area contributed by atoms with Crippen LogP contribution in [0.3, 0.4) is 0 Å². The van der Waals surface area contributed by atoms with Crippen LogP contribution in [-0.2, 0) is 14.8 Å². The number of amides is 1. The molecular formula is C16H26ClN3O4S2. The summed E-state index contributed by atoms with van der Waals surface area (Å²) in [6.07, 6.45) is 0. The van der Waals surface area contributed by atoms with E-state index in [0.717, 1.165) is 13.1 Å². The van der Waals surface area contributed by atoms with Crippen LogP contribution in [0.2, 0.25) is 0 Å². The van der Waals surface area contributed by atoms with E-state index in [1.54, 1.807) is 12.1 Å². The minimum Gasteiger partial charge on any atom is -0.493 e. The van der Waals surface area contributed by atoms with E-state index < -0.39 is 10.0 Å². The highest BCUT2D eigenvalue weighted by atomic mass is 35.5. The Morgan fingerprint density at radius 3 is 2.62 bits per heavy atom. The zero-order valence-electron chi connectivity index (χ0n) is 14.9. The molecule has 0 radical (unpaired) electrons. The second-order valence-corrected chi connectivity index (χ2v) is 8.65. The number of primary sulfonamides is 1. The first kappa shape index (κ1) is 23.0. The van der Waals surface area contributed by atoms with Gasteiger partial charge in [-0.1, -0.05) is 0 Å². The van der Waals surface area contributed by atoms with Gasteiger partial charge in [0.25, 0.3) is 0 Å². The molecule has 10 heteroatoms. The second kappa shape index (κ2) is 10.4. The molecule has 1 aliphatic rings. The molecule has 2 unspecified atom stereocenters. The van der Waals surface area contributed by atoms with Crippen LogP contribution in [-0.4, -0.2) is 62.5 Å². The van der Waals surface area contributed by atoms with Crippen LogP contribution in [0.5, 0.6) is 5.75 Å². The van der Waals surface area contributed by atoms with Gasteiger partial charge in [0.05, 0.1) is 17.3 Å². The molecule has 1 heterocycles. The molecule has 1 fully saturated rings. The maximum absolute atomic E-state index is 12.3. The van der Waals surface area contributed by atoms with E-state index in [9.17, 15) is 13.2 Å². The van der Waals surface area contributed by atoms with Crippen molar-refractivity contribution in [3.63, 3.8) is 0 Å². The predicted molar refractivity (Wildman–Crippen MR) is 107 cm³/mol. The number of benzene rings is 1. The van der Waals surface area contributed by atoms with Crippen molar-refractivity contribution in [3.05, 3.63) is 24.3 Å². The summed E-state index contributed by atoms with van der Waals surface area (Å²) in [6, 6.07) is 6.48. The van der Waals surface area contributed by atoms with Crippen LogP contribution in [0, 0.1) is 0 Å². The van der Waals surface area contributed by atoms with Crippen molar-refractivity contribution in [3.8, 4) is 5.75 Å². The van der Waals surface area contributed by atoms with Gasteiger partial charge in [-0.2, -0.15) is 0 Å². The average molecular weight is 424 g/mol. The molecule has 1 saturated heterocycles. The van der Waals surface area contributed by atoms with Crippen LogP contribution >= 0.6 is 24.2 Å². The Kier molecular flexibility index (Phi) is 9.18. The quantitative estimate of drug-likeness (QED) is 0.636. The molecule has 26 heavy (non-hydrogen) atoms. The van der Waals surface area contributed by atoms with Crippen molar-refractivity contribution in [1.82, 2.24) is 10.2 Å². The van der Waals surface area contributed by atoms with Gasteiger partial charge in [0, 0.05) is 30.9 Å². The Morgan fingerprint density at radius 1 is 1.35 bits per heavy atom. The highest BCUT2D eigenvalue weighted by Gasteiger charge is 2.27. The molecule has 0 spiro atoms. The average Bonchev–Trinajstić information content (AvgIpc) is 2.56. The lowest BCUT2D eigenvalue weighted by Gasteiger charge is -2.38. The molecule has 1 aromatic carbocycles. The van der Waals surface area contributed by atoms with E-state index >= 15 is 0 Å². The van der Waals surface area contributed by atoms with Crippen molar-refractivity contribution >= 4 is 40.1 Å². The number of ether oxygens (including phenoxy) is 1. The molecule has 3 N–H and O–H groups in total. The van der Waals surface area contributed by atoms with E-state index in [-0.39, 0.29) is 29.3 Å². The van der Waals surface area contributed by atoms with E-state index in [4.69, 9.17) is 9.88 Å². The maximum Gasteiger partial charge on any atom is 0.238 e. The molecule has 0 aliphatic carbocycles. The Morgan fingerprint density at radius 2 is 2.00 bits per heavy atom. The van der Waals surface area contributed by atoms with Gasteiger partial charge >= 0.3 is 0 Å². The van der Waals surface area contributed by atoms with E-state index in [1.807, 2.05) is 4.90 Å². The number of rotatable bonds is 7. The standard InChI is InChI=1S/C16H25N3O4S2.ClH/c1-12-13(2)19(8-7-18-12)16(20)11-24-10-9-23-14-3-5-15(6-4-14)25(17,21)22;/h3-6,12-13,18H,7-11H2,1-2H3,(H2,17,21,22);1H. The van der Waals surface area contributed by atoms with E-state index in [1.165, 1.54) is 23.9 Å². The first-order chi connectivity index (χ1) is 11.8. The lowest BCUT2D eigenvalue weighted by Crippen LogP contribution is -2.57. The van der Waals surface area contributed by atoms with Crippen LogP contribution < -0.4 is 15.2 Å². The van der Waals surface area contributed by atoms with Crippen molar-refractivity contribution in [2.75, 3.05) is 31.2 Å². The SMILES string of the molecule is CC1NCCN(C(=O)CSCCOc2ccc(S(N)(=O)=O)cc2)C1C.Cl. The summed E-state index contributed by atoms with van der Waals surface area (Å²) < 4.78 is 27.9. The summed E-state index contributed by atoms with van der Waals surface area (Å²) in [5.41, 5.74) is 0. The lowest BCUT2D eigenvalue weighted by molar-refractivity contribution is -0.131. The number of nitrogens with two attached hydrogens (primary N) is 1. The number of carbonyl (C=O) groups excluding carboxylic acids is 1. The molecule has 1 aromatic rings. The van der Waals surface area contributed by atoms with Gasteiger partial charge < -0.3 is 15.0 Å². The maximum atomic E-state index is 12.3. The molecule has 7 nitrogen and oxygen atoms in total. The first-order valence-electron chi connectivity index (χ1n) is 8.15. The second-order valence-electron chi connectivity index (χ2n) is 5.99. The third kappa shape index (κ3) is 6.62. The van der Waals surface area contributed by atoms with Gasteiger partial charge in [-0.05, 0) is 38.1 Å². The fourth-order valence-corrected chi connectivity index (χ4v) is 3.80. The van der Waals surface area contributed by atoms with E-state index in [2.05, 4.69) is 19.2 Å².